The predicted molar refractivity (Wildman–Crippen MR) is 69.4 cm³/mol. The molecule has 3 rings (SSSR count). The number of anilines is 1. The van der Waals surface area contributed by atoms with E-state index in [-0.39, 0.29) is 0 Å². The molecule has 3 aromatic rings. The Kier molecular flexibility index (Phi) is 2.22. The Labute approximate surface area is 98.9 Å². The van der Waals surface area contributed by atoms with Crippen LogP contribution in [0.1, 0.15) is 0 Å². The number of pyridine rings is 2. The third-order valence-corrected chi connectivity index (χ3v) is 2.80. The van der Waals surface area contributed by atoms with Gasteiger partial charge in [0.25, 0.3) is 0 Å². The molecule has 82 valence electrons. The number of nitrogens with zero attached hydrogens (tertiary/aromatic N) is 2. The van der Waals surface area contributed by atoms with E-state index < -0.39 is 0 Å². The normalized spacial score (nSPS) is 10.6. The molecule has 2 aromatic heterocycles. The van der Waals surface area contributed by atoms with Crippen molar-refractivity contribution in [1.29, 1.82) is 0 Å². The molecule has 0 saturated heterocycles. The Hall–Kier alpha value is -2.42. The third-order valence-electron chi connectivity index (χ3n) is 2.80. The number of benzene rings is 1. The van der Waals surface area contributed by atoms with Crippen molar-refractivity contribution in [2.45, 2.75) is 0 Å². The smallest absolute Gasteiger partial charge is 0.0401 e. The van der Waals surface area contributed by atoms with Crippen molar-refractivity contribution >= 4 is 16.5 Å². The highest BCUT2D eigenvalue weighted by atomic mass is 14.6. The first-order chi connectivity index (χ1) is 8.34. The minimum absolute atomic E-state index is 0.775. The van der Waals surface area contributed by atoms with Crippen LogP contribution in [0.3, 0.4) is 0 Å². The highest BCUT2D eigenvalue weighted by Gasteiger charge is 2.03. The van der Waals surface area contributed by atoms with E-state index in [2.05, 4.69) is 16.0 Å². The maximum absolute atomic E-state index is 6.05. The molecular weight excluding hydrogens is 210 g/mol. The zero-order valence-electron chi connectivity index (χ0n) is 9.17. The lowest BCUT2D eigenvalue weighted by Gasteiger charge is -2.06. The van der Waals surface area contributed by atoms with Crippen LogP contribution in [0.15, 0.2) is 55.1 Å². The Morgan fingerprint density at radius 1 is 0.824 bits per heavy atom. The summed E-state index contributed by atoms with van der Waals surface area (Å²) in [4.78, 5) is 8.13. The maximum atomic E-state index is 6.05. The molecule has 1 aromatic carbocycles. The van der Waals surface area contributed by atoms with Crippen LogP contribution < -0.4 is 5.73 Å². The van der Waals surface area contributed by atoms with Gasteiger partial charge in [0.05, 0.1) is 0 Å². The number of nitrogens with two attached hydrogens (primary N) is 1. The molecule has 0 atom stereocenters. The summed E-state index contributed by atoms with van der Waals surface area (Å²) in [7, 11) is 0. The van der Waals surface area contributed by atoms with Gasteiger partial charge in [0.2, 0.25) is 0 Å². The van der Waals surface area contributed by atoms with E-state index in [4.69, 9.17) is 5.73 Å². The van der Waals surface area contributed by atoms with Gasteiger partial charge in [-0.05, 0) is 41.5 Å². The van der Waals surface area contributed by atoms with Gasteiger partial charge in [0.15, 0.2) is 0 Å². The number of hydrogen-bond donors (Lipinski definition) is 1. The van der Waals surface area contributed by atoms with Crippen LogP contribution in [-0.2, 0) is 0 Å². The van der Waals surface area contributed by atoms with Crippen LogP contribution in [0, 0.1) is 0 Å². The van der Waals surface area contributed by atoms with E-state index in [1.165, 1.54) is 0 Å². The zero-order chi connectivity index (χ0) is 11.7. The molecule has 0 amide bonds. The molecule has 2 heterocycles. The molecule has 0 unspecified atom stereocenters. The first kappa shape index (κ1) is 9.78. The summed E-state index contributed by atoms with van der Waals surface area (Å²) in [5.41, 5.74) is 9.02. The quantitative estimate of drug-likeness (QED) is 0.643. The van der Waals surface area contributed by atoms with Gasteiger partial charge in [-0.3, -0.25) is 9.97 Å². The van der Waals surface area contributed by atoms with Crippen LogP contribution in [0.5, 0.6) is 0 Å². The summed E-state index contributed by atoms with van der Waals surface area (Å²) in [5.74, 6) is 0. The van der Waals surface area contributed by atoms with Crippen molar-refractivity contribution in [2.24, 2.45) is 0 Å². The summed E-state index contributed by atoms with van der Waals surface area (Å²) in [5, 5.41) is 2.09. The van der Waals surface area contributed by atoms with E-state index in [1.54, 1.807) is 18.6 Å². The van der Waals surface area contributed by atoms with Crippen molar-refractivity contribution in [3.8, 4) is 11.1 Å². The largest absolute Gasteiger partial charge is 0.398 e. The molecule has 0 spiro atoms. The van der Waals surface area contributed by atoms with E-state index in [9.17, 15) is 0 Å². The van der Waals surface area contributed by atoms with Crippen molar-refractivity contribution in [1.82, 2.24) is 9.97 Å². The fourth-order valence-corrected chi connectivity index (χ4v) is 1.95. The van der Waals surface area contributed by atoms with Crippen LogP contribution in [0.4, 0.5) is 5.69 Å². The molecule has 0 saturated carbocycles. The molecule has 0 aliphatic rings. The van der Waals surface area contributed by atoms with Crippen LogP contribution >= 0.6 is 0 Å². The number of aromatic nitrogens is 2. The van der Waals surface area contributed by atoms with Gasteiger partial charge in [0, 0.05) is 41.2 Å². The lowest BCUT2D eigenvalue weighted by molar-refractivity contribution is 1.33. The minimum Gasteiger partial charge on any atom is -0.398 e. The maximum Gasteiger partial charge on any atom is 0.0401 e. The first-order valence-corrected chi connectivity index (χ1v) is 5.38. The van der Waals surface area contributed by atoms with Crippen LogP contribution in [0.25, 0.3) is 21.9 Å². The Balaban J connectivity index is 2.26. The second-order valence-electron chi connectivity index (χ2n) is 3.90. The standard InChI is InChI=1S/C14H11N3/c15-14-8-11(10-1-4-16-5-2-10)7-12-9-17-6-3-13(12)14/h1-9H,15H2. The first-order valence-electron chi connectivity index (χ1n) is 5.38. The van der Waals surface area contributed by atoms with Crippen LogP contribution in [-0.4, -0.2) is 9.97 Å². The van der Waals surface area contributed by atoms with Gasteiger partial charge in [-0.25, -0.2) is 0 Å². The van der Waals surface area contributed by atoms with Crippen molar-refractivity contribution in [3.05, 3.63) is 55.1 Å². The molecule has 3 nitrogen and oxygen atoms in total. The van der Waals surface area contributed by atoms with Gasteiger partial charge in [-0.1, -0.05) is 0 Å². The summed E-state index contributed by atoms with van der Waals surface area (Å²) < 4.78 is 0. The lowest BCUT2D eigenvalue weighted by Crippen LogP contribution is -1.89. The van der Waals surface area contributed by atoms with E-state index in [0.717, 1.165) is 27.6 Å². The van der Waals surface area contributed by atoms with Gasteiger partial charge < -0.3 is 5.73 Å². The minimum atomic E-state index is 0.775. The average Bonchev–Trinajstić information content (AvgIpc) is 2.40. The summed E-state index contributed by atoms with van der Waals surface area (Å²) in [6, 6.07) is 9.95. The van der Waals surface area contributed by atoms with Crippen LogP contribution in [0.2, 0.25) is 0 Å². The number of rotatable bonds is 1. The summed E-state index contributed by atoms with van der Waals surface area (Å²) >= 11 is 0. The van der Waals surface area contributed by atoms with Gasteiger partial charge in [-0.15, -0.1) is 0 Å². The zero-order valence-corrected chi connectivity index (χ0v) is 9.17. The molecule has 0 aliphatic heterocycles. The SMILES string of the molecule is Nc1cc(-c2ccncc2)cc2cnccc12. The molecule has 0 bridgehead atoms. The highest BCUT2D eigenvalue weighted by molar-refractivity contribution is 5.96. The molecule has 2 N–H and O–H groups in total. The molecule has 0 radical (unpaired) electrons. The fraction of sp³-hybridized carbons (Fsp3) is 0. The molecule has 3 heteroatoms. The Morgan fingerprint density at radius 3 is 2.41 bits per heavy atom. The van der Waals surface area contributed by atoms with Gasteiger partial charge in [0.1, 0.15) is 0 Å². The van der Waals surface area contributed by atoms with Crippen molar-refractivity contribution in [2.75, 3.05) is 5.73 Å². The molecular formula is C14H11N3. The lowest BCUT2D eigenvalue weighted by atomic mass is 10.0. The predicted octanol–water partition coefficient (Wildman–Crippen LogP) is 2.88. The molecule has 0 fully saturated rings. The third kappa shape index (κ3) is 1.72. The summed E-state index contributed by atoms with van der Waals surface area (Å²) in [6.45, 7) is 0. The van der Waals surface area contributed by atoms with Crippen molar-refractivity contribution in [3.63, 3.8) is 0 Å². The second-order valence-corrected chi connectivity index (χ2v) is 3.90. The van der Waals surface area contributed by atoms with Gasteiger partial charge >= 0.3 is 0 Å². The Bertz CT molecular complexity index is 663. The van der Waals surface area contributed by atoms with E-state index in [0.29, 0.717) is 0 Å². The average molecular weight is 221 g/mol. The topological polar surface area (TPSA) is 51.8 Å². The molecule has 17 heavy (non-hydrogen) atoms. The second kappa shape index (κ2) is 3.87. The Morgan fingerprint density at radius 2 is 1.59 bits per heavy atom. The number of fused-ring (bicyclic) bond motifs is 1. The van der Waals surface area contributed by atoms with E-state index >= 15 is 0 Å². The monoisotopic (exact) mass is 221 g/mol. The van der Waals surface area contributed by atoms with E-state index in [1.807, 2.05) is 30.5 Å². The molecule has 0 aliphatic carbocycles. The number of hydrogen-bond acceptors (Lipinski definition) is 3. The van der Waals surface area contributed by atoms with Gasteiger partial charge in [-0.2, -0.15) is 0 Å². The summed E-state index contributed by atoms with van der Waals surface area (Å²) in [6.07, 6.45) is 7.14. The highest BCUT2D eigenvalue weighted by Crippen LogP contribution is 2.28. The fourth-order valence-electron chi connectivity index (χ4n) is 1.95. The van der Waals surface area contributed by atoms with Crippen molar-refractivity contribution < 1.29 is 0 Å². The number of nitrogen functional groups attached to an aromatic ring is 1.